The van der Waals surface area contributed by atoms with Gasteiger partial charge >= 0.3 is 0 Å². The highest BCUT2D eigenvalue weighted by molar-refractivity contribution is 7.81. The first-order valence-electron chi connectivity index (χ1n) is 3.94. The first-order chi connectivity index (χ1) is 6.26. The van der Waals surface area contributed by atoms with E-state index in [-0.39, 0.29) is 11.5 Å². The van der Waals surface area contributed by atoms with Gasteiger partial charge in [-0.2, -0.15) is 12.6 Å². The molecule has 0 saturated carbocycles. The Morgan fingerprint density at radius 3 is 2.46 bits per heavy atom. The topological polar surface area (TPSA) is 17.1 Å². The quantitative estimate of drug-likeness (QED) is 0.567. The number of thiol groups is 1. The molecular formula is C11H10OS. The molecular weight excluding hydrogens is 180 g/mol. The minimum atomic E-state index is 0.122. The second-order valence-electron chi connectivity index (χ2n) is 2.71. The molecule has 0 aliphatic heterocycles. The lowest BCUT2D eigenvalue weighted by Gasteiger charge is -1.98. The molecule has 1 nitrogen and oxygen atoms in total. The van der Waals surface area contributed by atoms with Crippen molar-refractivity contribution >= 4 is 18.4 Å². The summed E-state index contributed by atoms with van der Waals surface area (Å²) in [7, 11) is 0. The van der Waals surface area contributed by atoms with Gasteiger partial charge in [-0.3, -0.25) is 4.79 Å². The number of rotatable bonds is 3. The average Bonchev–Trinajstić information content (AvgIpc) is 2.19. The first-order valence-corrected chi connectivity index (χ1v) is 4.57. The molecule has 0 saturated heterocycles. The van der Waals surface area contributed by atoms with Crippen molar-refractivity contribution in [3.63, 3.8) is 0 Å². The molecule has 1 rings (SSSR count). The van der Waals surface area contributed by atoms with Crippen LogP contribution in [0.3, 0.4) is 0 Å². The van der Waals surface area contributed by atoms with Crippen molar-refractivity contribution in [2.45, 2.75) is 6.42 Å². The molecule has 0 fully saturated rings. The molecule has 0 radical (unpaired) electrons. The largest absolute Gasteiger partial charge is 0.298 e. The Bertz CT molecular complexity index is 332. The van der Waals surface area contributed by atoms with Crippen molar-refractivity contribution in [2.75, 3.05) is 5.75 Å². The Labute approximate surface area is 83.6 Å². The summed E-state index contributed by atoms with van der Waals surface area (Å²) in [4.78, 5) is 11.0. The van der Waals surface area contributed by atoms with Crippen molar-refractivity contribution < 1.29 is 4.79 Å². The smallest absolute Gasteiger partial charge is 0.146 e. The van der Waals surface area contributed by atoms with Gasteiger partial charge in [-0.1, -0.05) is 18.1 Å². The maximum atomic E-state index is 11.0. The van der Waals surface area contributed by atoms with Crippen LogP contribution in [0, 0.1) is 12.3 Å². The zero-order chi connectivity index (χ0) is 9.68. The maximum Gasteiger partial charge on any atom is 0.146 e. The molecule has 0 unspecified atom stereocenters. The molecule has 13 heavy (non-hydrogen) atoms. The van der Waals surface area contributed by atoms with E-state index >= 15 is 0 Å². The number of terminal acetylenes is 1. The highest BCUT2D eigenvalue weighted by Gasteiger charge is 2.00. The van der Waals surface area contributed by atoms with Crippen LogP contribution in [-0.4, -0.2) is 11.5 Å². The maximum absolute atomic E-state index is 11.0. The third kappa shape index (κ3) is 2.96. The molecule has 0 aliphatic carbocycles. The summed E-state index contributed by atoms with van der Waals surface area (Å²) < 4.78 is 0. The third-order valence-corrected chi connectivity index (χ3v) is 2.05. The van der Waals surface area contributed by atoms with Crippen LogP contribution in [0.5, 0.6) is 0 Å². The summed E-state index contributed by atoms with van der Waals surface area (Å²) in [5, 5.41) is 0. The molecule has 0 aromatic heterocycles. The highest BCUT2D eigenvalue weighted by Crippen LogP contribution is 2.04. The minimum absolute atomic E-state index is 0.122. The summed E-state index contributed by atoms with van der Waals surface area (Å²) in [5.74, 6) is 2.93. The van der Waals surface area contributed by atoms with E-state index in [0.717, 1.165) is 11.1 Å². The van der Waals surface area contributed by atoms with Crippen LogP contribution in [0.2, 0.25) is 0 Å². The normalized spacial score (nSPS) is 9.23. The summed E-state index contributed by atoms with van der Waals surface area (Å²) >= 11 is 3.90. The number of hydrogen-bond acceptors (Lipinski definition) is 2. The van der Waals surface area contributed by atoms with Gasteiger partial charge in [0.1, 0.15) is 5.78 Å². The highest BCUT2D eigenvalue weighted by atomic mass is 32.1. The van der Waals surface area contributed by atoms with Crippen LogP contribution in [-0.2, 0) is 11.2 Å². The standard InChI is InChI=1S/C11H10OS/c1-2-9-3-5-10(6-4-9)7-11(12)8-13/h1,3-6,13H,7-8H2. The van der Waals surface area contributed by atoms with Crippen LogP contribution >= 0.6 is 12.6 Å². The van der Waals surface area contributed by atoms with Crippen LogP contribution in [0.25, 0.3) is 0 Å². The Balaban J connectivity index is 2.71. The predicted octanol–water partition coefficient (Wildman–Crippen LogP) is 1.71. The van der Waals surface area contributed by atoms with Crippen LogP contribution in [0.4, 0.5) is 0 Å². The van der Waals surface area contributed by atoms with Gasteiger partial charge in [0.15, 0.2) is 0 Å². The van der Waals surface area contributed by atoms with Gasteiger partial charge in [0.25, 0.3) is 0 Å². The lowest BCUT2D eigenvalue weighted by molar-refractivity contribution is -0.115. The summed E-state index contributed by atoms with van der Waals surface area (Å²) in [5.41, 5.74) is 1.82. The molecule has 0 amide bonds. The fourth-order valence-electron chi connectivity index (χ4n) is 1.00. The Kier molecular flexibility index (Phi) is 3.60. The second kappa shape index (κ2) is 4.74. The molecule has 0 N–H and O–H groups in total. The monoisotopic (exact) mass is 190 g/mol. The van der Waals surface area contributed by atoms with E-state index < -0.39 is 0 Å². The SMILES string of the molecule is C#Cc1ccc(CC(=O)CS)cc1. The van der Waals surface area contributed by atoms with E-state index in [1.165, 1.54) is 0 Å². The Hall–Kier alpha value is -1.20. The number of carbonyl (C=O) groups excluding carboxylic acids is 1. The van der Waals surface area contributed by atoms with Crippen molar-refractivity contribution in [1.82, 2.24) is 0 Å². The van der Waals surface area contributed by atoms with Gasteiger partial charge in [-0.25, -0.2) is 0 Å². The van der Waals surface area contributed by atoms with Gasteiger partial charge in [-0.15, -0.1) is 6.42 Å². The van der Waals surface area contributed by atoms with Crippen LogP contribution in [0.1, 0.15) is 11.1 Å². The van der Waals surface area contributed by atoms with E-state index in [1.807, 2.05) is 24.3 Å². The lowest BCUT2D eigenvalue weighted by atomic mass is 10.1. The molecule has 0 heterocycles. The number of ketones is 1. The van der Waals surface area contributed by atoms with E-state index in [0.29, 0.717) is 6.42 Å². The average molecular weight is 190 g/mol. The van der Waals surface area contributed by atoms with Crippen molar-refractivity contribution in [1.29, 1.82) is 0 Å². The predicted molar refractivity (Wildman–Crippen MR) is 56.9 cm³/mol. The van der Waals surface area contributed by atoms with E-state index in [2.05, 4.69) is 18.5 Å². The van der Waals surface area contributed by atoms with E-state index in [1.54, 1.807) is 0 Å². The number of benzene rings is 1. The summed E-state index contributed by atoms with van der Waals surface area (Å²) in [6.45, 7) is 0. The molecule has 0 spiro atoms. The molecule has 1 aromatic carbocycles. The molecule has 0 bridgehead atoms. The fourth-order valence-corrected chi connectivity index (χ4v) is 1.11. The molecule has 0 aliphatic rings. The van der Waals surface area contributed by atoms with Gasteiger partial charge in [0, 0.05) is 17.7 Å². The molecule has 1 aromatic rings. The minimum Gasteiger partial charge on any atom is -0.298 e. The second-order valence-corrected chi connectivity index (χ2v) is 3.03. The van der Waals surface area contributed by atoms with Gasteiger partial charge in [-0.05, 0) is 17.7 Å². The van der Waals surface area contributed by atoms with Crippen molar-refractivity contribution in [3.8, 4) is 12.3 Å². The molecule has 66 valence electrons. The number of carbonyl (C=O) groups is 1. The first kappa shape index (κ1) is 9.88. The molecule has 2 heteroatoms. The van der Waals surface area contributed by atoms with E-state index in [4.69, 9.17) is 6.42 Å². The van der Waals surface area contributed by atoms with Crippen molar-refractivity contribution in [2.24, 2.45) is 0 Å². The number of Topliss-reactive ketones (excluding diaryl/α,β-unsaturated/α-hetero) is 1. The Morgan fingerprint density at radius 2 is 2.00 bits per heavy atom. The Morgan fingerprint density at radius 1 is 1.38 bits per heavy atom. The number of hydrogen-bond donors (Lipinski definition) is 1. The lowest BCUT2D eigenvalue weighted by Crippen LogP contribution is -2.03. The van der Waals surface area contributed by atoms with Gasteiger partial charge in [0.2, 0.25) is 0 Å². The van der Waals surface area contributed by atoms with Crippen molar-refractivity contribution in [3.05, 3.63) is 35.4 Å². The fraction of sp³-hybridized carbons (Fsp3) is 0.182. The molecule has 0 atom stereocenters. The summed E-state index contributed by atoms with van der Waals surface area (Å²) in [6, 6.07) is 7.41. The zero-order valence-corrected chi connectivity index (χ0v) is 8.05. The summed E-state index contributed by atoms with van der Waals surface area (Å²) in [6.07, 6.45) is 5.64. The third-order valence-electron chi connectivity index (χ3n) is 1.70. The van der Waals surface area contributed by atoms with Crippen LogP contribution in [0.15, 0.2) is 24.3 Å². The van der Waals surface area contributed by atoms with E-state index in [9.17, 15) is 4.79 Å². The van der Waals surface area contributed by atoms with Gasteiger partial charge in [0.05, 0.1) is 0 Å². The van der Waals surface area contributed by atoms with Crippen LogP contribution < -0.4 is 0 Å². The van der Waals surface area contributed by atoms with Gasteiger partial charge < -0.3 is 0 Å². The zero-order valence-electron chi connectivity index (χ0n) is 7.16.